The first-order valence-corrected chi connectivity index (χ1v) is 8.59. The first-order valence-electron chi connectivity index (χ1n) is 7.10. The van der Waals surface area contributed by atoms with Gasteiger partial charge in [-0.25, -0.2) is 0 Å². The lowest BCUT2D eigenvalue weighted by molar-refractivity contribution is -0.122. The number of hydrogen-bond acceptors (Lipinski definition) is 5. The predicted octanol–water partition coefficient (Wildman–Crippen LogP) is 4.71. The summed E-state index contributed by atoms with van der Waals surface area (Å²) in [7, 11) is 0. The third-order valence-corrected chi connectivity index (χ3v) is 4.52. The van der Waals surface area contributed by atoms with Crippen LogP contribution >= 0.6 is 34.9 Å². The topological polar surface area (TPSA) is 64.1 Å². The minimum absolute atomic E-state index is 0.301. The third-order valence-electron chi connectivity index (χ3n) is 3.45. The summed E-state index contributed by atoms with van der Waals surface area (Å²) in [5.74, 6) is 0.0959. The van der Waals surface area contributed by atoms with Crippen molar-refractivity contribution in [2.75, 3.05) is 5.32 Å². The van der Waals surface area contributed by atoms with Gasteiger partial charge < -0.3 is 10.1 Å². The quantitative estimate of drug-likeness (QED) is 0.710. The number of nitrogens with zero attached hydrogens (tertiary/aromatic N) is 2. The molecular weight excluding hydrogens is 369 g/mol. The molecule has 24 heavy (non-hydrogen) atoms. The van der Waals surface area contributed by atoms with E-state index >= 15 is 0 Å². The Hall–Kier alpha value is -1.89. The molecule has 3 rings (SSSR count). The highest BCUT2D eigenvalue weighted by Gasteiger charge is 2.19. The molecule has 0 aliphatic heterocycles. The molecule has 1 atom stereocenters. The Morgan fingerprint density at radius 2 is 2.04 bits per heavy atom. The van der Waals surface area contributed by atoms with Crippen molar-refractivity contribution in [3.63, 3.8) is 0 Å². The van der Waals surface area contributed by atoms with Crippen LogP contribution < -0.4 is 10.1 Å². The summed E-state index contributed by atoms with van der Waals surface area (Å²) < 4.78 is 14.0. The van der Waals surface area contributed by atoms with Gasteiger partial charge in [0.05, 0.1) is 22.4 Å². The first kappa shape index (κ1) is 17.0. The SMILES string of the molecule is Cc1ccc2nsnc2c1NC(=O)[C@H](C)Oc1ccc(Cl)cc1Cl. The van der Waals surface area contributed by atoms with Crippen LogP contribution in [0.15, 0.2) is 30.3 Å². The lowest BCUT2D eigenvalue weighted by Gasteiger charge is -2.16. The number of carbonyl (C=O) groups excluding carboxylic acids is 1. The van der Waals surface area contributed by atoms with E-state index < -0.39 is 6.10 Å². The summed E-state index contributed by atoms with van der Waals surface area (Å²) >= 11 is 13.0. The second-order valence-corrected chi connectivity index (χ2v) is 6.59. The number of aromatic nitrogens is 2. The Morgan fingerprint density at radius 1 is 1.25 bits per heavy atom. The van der Waals surface area contributed by atoms with Crippen molar-refractivity contribution in [2.24, 2.45) is 0 Å². The Labute approximate surface area is 152 Å². The minimum Gasteiger partial charge on any atom is -0.479 e. The van der Waals surface area contributed by atoms with Crippen molar-refractivity contribution in [2.45, 2.75) is 20.0 Å². The highest BCUT2D eigenvalue weighted by molar-refractivity contribution is 7.00. The lowest BCUT2D eigenvalue weighted by atomic mass is 10.1. The van der Waals surface area contributed by atoms with Crippen molar-refractivity contribution >= 4 is 57.6 Å². The van der Waals surface area contributed by atoms with Gasteiger partial charge in [0.1, 0.15) is 16.8 Å². The molecule has 1 N–H and O–H groups in total. The Morgan fingerprint density at radius 3 is 2.79 bits per heavy atom. The van der Waals surface area contributed by atoms with Crippen molar-refractivity contribution in [3.05, 3.63) is 45.9 Å². The molecule has 0 aliphatic rings. The highest BCUT2D eigenvalue weighted by Crippen LogP contribution is 2.29. The molecular formula is C16H13Cl2N3O2S. The second kappa shape index (κ2) is 6.93. The maximum Gasteiger partial charge on any atom is 0.265 e. The third kappa shape index (κ3) is 3.45. The number of ether oxygens (including phenoxy) is 1. The lowest BCUT2D eigenvalue weighted by Crippen LogP contribution is -2.30. The molecule has 0 aliphatic carbocycles. The molecule has 0 fully saturated rings. The number of carbonyl (C=O) groups is 1. The van der Waals surface area contributed by atoms with Crippen molar-refractivity contribution < 1.29 is 9.53 Å². The van der Waals surface area contributed by atoms with Gasteiger partial charge in [0.25, 0.3) is 5.91 Å². The van der Waals surface area contributed by atoms with E-state index in [9.17, 15) is 4.79 Å². The van der Waals surface area contributed by atoms with E-state index in [0.29, 0.717) is 27.0 Å². The number of fused-ring (bicyclic) bond motifs is 1. The van der Waals surface area contributed by atoms with Crippen LogP contribution in [0.5, 0.6) is 5.75 Å². The molecule has 124 valence electrons. The van der Waals surface area contributed by atoms with Crippen LogP contribution in [0.25, 0.3) is 11.0 Å². The summed E-state index contributed by atoms with van der Waals surface area (Å²) in [5, 5.41) is 3.71. The van der Waals surface area contributed by atoms with E-state index in [4.69, 9.17) is 27.9 Å². The second-order valence-electron chi connectivity index (χ2n) is 5.21. The van der Waals surface area contributed by atoms with E-state index in [0.717, 1.165) is 22.8 Å². The van der Waals surface area contributed by atoms with Gasteiger partial charge in [-0.2, -0.15) is 8.75 Å². The summed E-state index contributed by atoms with van der Waals surface area (Å²) in [4.78, 5) is 12.5. The average Bonchev–Trinajstić information content (AvgIpc) is 3.01. The van der Waals surface area contributed by atoms with Crippen LogP contribution in [-0.4, -0.2) is 20.8 Å². The molecule has 1 amide bonds. The van der Waals surface area contributed by atoms with Crippen LogP contribution in [0.4, 0.5) is 5.69 Å². The first-order chi connectivity index (χ1) is 11.5. The molecule has 8 heteroatoms. The molecule has 0 bridgehead atoms. The van der Waals surface area contributed by atoms with E-state index in [1.807, 2.05) is 19.1 Å². The Kier molecular flexibility index (Phi) is 4.89. The number of hydrogen-bond donors (Lipinski definition) is 1. The van der Waals surface area contributed by atoms with Crippen molar-refractivity contribution in [1.82, 2.24) is 8.75 Å². The fourth-order valence-corrected chi connectivity index (χ4v) is 3.15. The fourth-order valence-electron chi connectivity index (χ4n) is 2.15. The van der Waals surface area contributed by atoms with Gasteiger partial charge in [-0.3, -0.25) is 4.79 Å². The standard InChI is InChI=1S/C16H13Cl2N3O2S/c1-8-3-5-12-15(21-24-20-12)14(8)19-16(22)9(2)23-13-6-4-10(17)7-11(13)18/h3-7,9H,1-2H3,(H,19,22)/t9-/m0/s1. The van der Waals surface area contributed by atoms with E-state index in [1.165, 1.54) is 0 Å². The molecule has 2 aromatic carbocycles. The predicted molar refractivity (Wildman–Crippen MR) is 97.3 cm³/mol. The summed E-state index contributed by atoms with van der Waals surface area (Å²) in [6.07, 6.45) is -0.745. The van der Waals surface area contributed by atoms with Gasteiger partial charge >= 0.3 is 0 Å². The normalized spacial score (nSPS) is 12.2. The zero-order chi connectivity index (χ0) is 17.3. The van der Waals surface area contributed by atoms with Crippen molar-refractivity contribution in [1.29, 1.82) is 0 Å². The summed E-state index contributed by atoms with van der Waals surface area (Å²) in [6, 6.07) is 8.61. The average molecular weight is 382 g/mol. The number of amides is 1. The van der Waals surface area contributed by atoms with Crippen LogP contribution in [0, 0.1) is 6.92 Å². The number of aryl methyl sites for hydroxylation is 1. The molecule has 0 spiro atoms. The maximum absolute atomic E-state index is 12.5. The molecule has 5 nitrogen and oxygen atoms in total. The zero-order valence-electron chi connectivity index (χ0n) is 12.8. The van der Waals surface area contributed by atoms with Gasteiger partial charge in [0.2, 0.25) is 0 Å². The molecule has 0 radical (unpaired) electrons. The van der Waals surface area contributed by atoms with Gasteiger partial charge in [0, 0.05) is 5.02 Å². The fraction of sp³-hybridized carbons (Fsp3) is 0.188. The minimum atomic E-state index is -0.745. The largest absolute Gasteiger partial charge is 0.479 e. The van der Waals surface area contributed by atoms with Crippen LogP contribution in [-0.2, 0) is 4.79 Å². The molecule has 3 aromatic rings. The zero-order valence-corrected chi connectivity index (χ0v) is 15.2. The van der Waals surface area contributed by atoms with E-state index in [1.54, 1.807) is 25.1 Å². The number of anilines is 1. The molecule has 0 unspecified atom stereocenters. The number of halogens is 2. The number of rotatable bonds is 4. The smallest absolute Gasteiger partial charge is 0.265 e. The van der Waals surface area contributed by atoms with Gasteiger partial charge in [-0.1, -0.05) is 29.3 Å². The summed E-state index contributed by atoms with van der Waals surface area (Å²) in [5.41, 5.74) is 2.96. The van der Waals surface area contributed by atoms with E-state index in [2.05, 4.69) is 14.1 Å². The number of nitrogens with one attached hydrogen (secondary N) is 1. The van der Waals surface area contributed by atoms with Crippen molar-refractivity contribution in [3.8, 4) is 5.75 Å². The molecule has 1 aromatic heterocycles. The number of benzene rings is 2. The molecule has 1 heterocycles. The van der Waals surface area contributed by atoms with Crippen LogP contribution in [0.2, 0.25) is 10.0 Å². The van der Waals surface area contributed by atoms with Crippen LogP contribution in [0.1, 0.15) is 12.5 Å². The monoisotopic (exact) mass is 381 g/mol. The Bertz CT molecular complexity index is 913. The highest BCUT2D eigenvalue weighted by atomic mass is 35.5. The maximum atomic E-state index is 12.5. The molecule has 0 saturated heterocycles. The molecule has 0 saturated carbocycles. The van der Waals surface area contributed by atoms with Gasteiger partial charge in [-0.15, -0.1) is 0 Å². The van der Waals surface area contributed by atoms with Gasteiger partial charge in [-0.05, 0) is 43.7 Å². The van der Waals surface area contributed by atoms with Gasteiger partial charge in [0.15, 0.2) is 6.10 Å². The summed E-state index contributed by atoms with van der Waals surface area (Å²) in [6.45, 7) is 3.55. The van der Waals surface area contributed by atoms with E-state index in [-0.39, 0.29) is 5.91 Å². The van der Waals surface area contributed by atoms with Crippen LogP contribution in [0.3, 0.4) is 0 Å². The Balaban J connectivity index is 1.78.